The zero-order chi connectivity index (χ0) is 14.7. The standard InChI is InChI=1S/C18H27NS2/c1-3-8-19-17(18-13(2)20-9-10-21-18)12-15-11-14-6-4-5-7-16(14)15/h4-7,13,15,17-19H,3,8-12H2,1-2H3. The van der Waals surface area contributed by atoms with Crippen molar-refractivity contribution in [3.8, 4) is 0 Å². The summed E-state index contributed by atoms with van der Waals surface area (Å²) >= 11 is 4.37. The third kappa shape index (κ3) is 3.62. The van der Waals surface area contributed by atoms with E-state index in [2.05, 4.69) is 67.0 Å². The van der Waals surface area contributed by atoms with E-state index in [1.54, 1.807) is 11.1 Å². The number of rotatable bonds is 6. The van der Waals surface area contributed by atoms with Gasteiger partial charge in [-0.2, -0.15) is 23.5 Å². The molecule has 3 heteroatoms. The van der Waals surface area contributed by atoms with Crippen molar-refractivity contribution in [1.29, 1.82) is 0 Å². The summed E-state index contributed by atoms with van der Waals surface area (Å²) in [7, 11) is 0. The molecule has 0 bridgehead atoms. The van der Waals surface area contributed by atoms with Crippen molar-refractivity contribution < 1.29 is 0 Å². The average Bonchev–Trinajstić information content (AvgIpc) is 2.49. The summed E-state index contributed by atoms with van der Waals surface area (Å²) < 4.78 is 0. The summed E-state index contributed by atoms with van der Waals surface area (Å²) in [6, 6.07) is 9.70. The zero-order valence-corrected chi connectivity index (χ0v) is 14.8. The topological polar surface area (TPSA) is 12.0 Å². The summed E-state index contributed by atoms with van der Waals surface area (Å²) in [5.41, 5.74) is 3.19. The van der Waals surface area contributed by atoms with E-state index in [0.717, 1.165) is 23.0 Å². The molecule has 1 aliphatic carbocycles. The maximum absolute atomic E-state index is 3.87. The molecule has 116 valence electrons. The van der Waals surface area contributed by atoms with Crippen LogP contribution in [-0.4, -0.2) is 34.6 Å². The van der Waals surface area contributed by atoms with Crippen LogP contribution in [0.25, 0.3) is 0 Å². The lowest BCUT2D eigenvalue weighted by Crippen LogP contribution is -2.46. The van der Waals surface area contributed by atoms with E-state index >= 15 is 0 Å². The predicted molar refractivity (Wildman–Crippen MR) is 97.8 cm³/mol. The van der Waals surface area contributed by atoms with E-state index in [-0.39, 0.29) is 0 Å². The van der Waals surface area contributed by atoms with E-state index in [0.29, 0.717) is 6.04 Å². The lowest BCUT2D eigenvalue weighted by Gasteiger charge is -2.39. The third-order valence-electron chi connectivity index (χ3n) is 4.79. The Labute approximate surface area is 138 Å². The first-order chi connectivity index (χ1) is 10.3. The highest BCUT2D eigenvalue weighted by Gasteiger charge is 2.34. The van der Waals surface area contributed by atoms with Gasteiger partial charge in [-0.05, 0) is 42.9 Å². The second kappa shape index (κ2) is 7.43. The number of hydrogen-bond acceptors (Lipinski definition) is 3. The Kier molecular flexibility index (Phi) is 5.58. The van der Waals surface area contributed by atoms with Crippen LogP contribution in [0.2, 0.25) is 0 Å². The van der Waals surface area contributed by atoms with Gasteiger partial charge in [-0.1, -0.05) is 38.1 Å². The maximum Gasteiger partial charge on any atom is 0.0317 e. The first-order valence-corrected chi connectivity index (χ1v) is 10.4. The molecule has 21 heavy (non-hydrogen) atoms. The molecule has 3 rings (SSSR count). The summed E-state index contributed by atoms with van der Waals surface area (Å²) in [5.74, 6) is 3.44. The quantitative estimate of drug-likeness (QED) is 0.838. The summed E-state index contributed by atoms with van der Waals surface area (Å²) in [5, 5.41) is 5.43. The van der Waals surface area contributed by atoms with Crippen molar-refractivity contribution >= 4 is 23.5 Å². The lowest BCUT2D eigenvalue weighted by molar-refractivity contribution is 0.405. The van der Waals surface area contributed by atoms with Crippen molar-refractivity contribution in [1.82, 2.24) is 5.32 Å². The molecule has 1 saturated heterocycles. The van der Waals surface area contributed by atoms with Gasteiger partial charge in [0.05, 0.1) is 0 Å². The fraction of sp³-hybridized carbons (Fsp3) is 0.667. The molecule has 1 heterocycles. The molecule has 0 spiro atoms. The van der Waals surface area contributed by atoms with Gasteiger partial charge in [-0.25, -0.2) is 0 Å². The number of fused-ring (bicyclic) bond motifs is 1. The van der Waals surface area contributed by atoms with Crippen LogP contribution in [0, 0.1) is 0 Å². The second-order valence-corrected chi connectivity index (χ2v) is 9.08. The molecule has 1 N–H and O–H groups in total. The molecule has 4 unspecified atom stereocenters. The second-order valence-electron chi connectivity index (χ2n) is 6.31. The van der Waals surface area contributed by atoms with Crippen LogP contribution >= 0.6 is 23.5 Å². The van der Waals surface area contributed by atoms with Gasteiger partial charge < -0.3 is 5.32 Å². The van der Waals surface area contributed by atoms with Gasteiger partial charge in [-0.15, -0.1) is 0 Å². The van der Waals surface area contributed by atoms with Gasteiger partial charge in [0.1, 0.15) is 0 Å². The lowest BCUT2D eigenvalue weighted by atomic mass is 9.74. The Morgan fingerprint density at radius 1 is 1.24 bits per heavy atom. The largest absolute Gasteiger partial charge is 0.313 e. The Bertz CT molecular complexity index is 462. The fourth-order valence-corrected chi connectivity index (χ4v) is 6.61. The first-order valence-electron chi connectivity index (χ1n) is 8.34. The van der Waals surface area contributed by atoms with Gasteiger partial charge in [0.25, 0.3) is 0 Å². The molecule has 1 aromatic carbocycles. The summed E-state index contributed by atoms with van der Waals surface area (Å²) in [6.45, 7) is 5.86. The van der Waals surface area contributed by atoms with Gasteiger partial charge in [0.15, 0.2) is 0 Å². The van der Waals surface area contributed by atoms with Crippen molar-refractivity contribution in [3.05, 3.63) is 35.4 Å². The molecule has 0 amide bonds. The van der Waals surface area contributed by atoms with Crippen LogP contribution in [0.3, 0.4) is 0 Å². The van der Waals surface area contributed by atoms with Crippen LogP contribution in [0.5, 0.6) is 0 Å². The minimum absolute atomic E-state index is 0.677. The summed E-state index contributed by atoms with van der Waals surface area (Å²) in [4.78, 5) is 0. The van der Waals surface area contributed by atoms with E-state index in [4.69, 9.17) is 0 Å². The molecule has 0 radical (unpaired) electrons. The van der Waals surface area contributed by atoms with Crippen LogP contribution in [0.15, 0.2) is 24.3 Å². The highest BCUT2D eigenvalue weighted by atomic mass is 32.2. The molecule has 1 nitrogen and oxygen atoms in total. The predicted octanol–water partition coefficient (Wildman–Crippen LogP) is 4.32. The fourth-order valence-electron chi connectivity index (χ4n) is 3.63. The zero-order valence-electron chi connectivity index (χ0n) is 13.2. The van der Waals surface area contributed by atoms with Crippen LogP contribution in [-0.2, 0) is 6.42 Å². The molecule has 0 saturated carbocycles. The van der Waals surface area contributed by atoms with Crippen molar-refractivity contribution in [2.24, 2.45) is 0 Å². The van der Waals surface area contributed by atoms with Crippen LogP contribution < -0.4 is 5.32 Å². The number of hydrogen-bond donors (Lipinski definition) is 1. The highest BCUT2D eigenvalue weighted by molar-refractivity contribution is 8.07. The van der Waals surface area contributed by atoms with E-state index in [9.17, 15) is 0 Å². The number of benzene rings is 1. The number of thioether (sulfide) groups is 2. The van der Waals surface area contributed by atoms with Crippen molar-refractivity contribution in [2.75, 3.05) is 18.1 Å². The Hall–Kier alpha value is -0.120. The van der Waals surface area contributed by atoms with E-state index in [1.807, 2.05) is 0 Å². The number of nitrogens with one attached hydrogen (secondary N) is 1. The SMILES string of the molecule is CCCNC(CC1Cc2ccccc21)C1SCCSC1C. The van der Waals surface area contributed by atoms with Gasteiger partial charge in [-0.3, -0.25) is 0 Å². The minimum atomic E-state index is 0.677. The molecular formula is C18H27NS2. The van der Waals surface area contributed by atoms with Gasteiger partial charge >= 0.3 is 0 Å². The Morgan fingerprint density at radius 2 is 2.05 bits per heavy atom. The van der Waals surface area contributed by atoms with E-state index in [1.165, 1.54) is 30.8 Å². The molecule has 1 fully saturated rings. The van der Waals surface area contributed by atoms with Crippen LogP contribution in [0.1, 0.15) is 43.7 Å². The van der Waals surface area contributed by atoms with Crippen LogP contribution in [0.4, 0.5) is 0 Å². The van der Waals surface area contributed by atoms with Crippen molar-refractivity contribution in [3.63, 3.8) is 0 Å². The first kappa shape index (κ1) is 15.8. The summed E-state index contributed by atoms with van der Waals surface area (Å²) in [6.07, 6.45) is 3.84. The molecule has 4 atom stereocenters. The smallest absolute Gasteiger partial charge is 0.0317 e. The average molecular weight is 322 g/mol. The molecule has 1 aromatic rings. The third-order valence-corrected chi connectivity index (χ3v) is 8.04. The molecule has 2 aliphatic rings. The molecule has 1 aliphatic heterocycles. The Balaban J connectivity index is 1.65. The molecular weight excluding hydrogens is 294 g/mol. The van der Waals surface area contributed by atoms with E-state index < -0.39 is 0 Å². The normalized spacial score (nSPS) is 29.5. The van der Waals surface area contributed by atoms with Gasteiger partial charge in [0, 0.05) is 28.0 Å². The maximum atomic E-state index is 3.87. The van der Waals surface area contributed by atoms with Gasteiger partial charge in [0.2, 0.25) is 0 Å². The monoisotopic (exact) mass is 321 g/mol. The highest BCUT2D eigenvalue weighted by Crippen LogP contribution is 2.41. The van der Waals surface area contributed by atoms with Crippen molar-refractivity contribution in [2.45, 2.75) is 55.6 Å². The molecule has 0 aromatic heterocycles. The Morgan fingerprint density at radius 3 is 2.81 bits per heavy atom. The minimum Gasteiger partial charge on any atom is -0.313 e.